The topological polar surface area (TPSA) is 15.3 Å². The van der Waals surface area contributed by atoms with Crippen LogP contribution in [0.1, 0.15) is 33.1 Å². The zero-order valence-electron chi connectivity index (χ0n) is 9.93. The molecular formula is C12H23ClN2. The van der Waals surface area contributed by atoms with Crippen molar-refractivity contribution >= 4 is 11.6 Å². The first-order valence-corrected chi connectivity index (χ1v) is 6.32. The fourth-order valence-electron chi connectivity index (χ4n) is 2.21. The lowest BCUT2D eigenvalue weighted by Crippen LogP contribution is -2.47. The molecule has 3 heteroatoms. The SMILES string of the molecule is C=C(Cl)CN1CCC(NCCC)CC1C. The lowest BCUT2D eigenvalue weighted by Gasteiger charge is -2.37. The van der Waals surface area contributed by atoms with Gasteiger partial charge in [-0.2, -0.15) is 0 Å². The van der Waals surface area contributed by atoms with Gasteiger partial charge in [0.2, 0.25) is 0 Å². The number of likely N-dealkylation sites (tertiary alicyclic amines) is 1. The highest BCUT2D eigenvalue weighted by Gasteiger charge is 2.24. The Labute approximate surface area is 98.7 Å². The summed E-state index contributed by atoms with van der Waals surface area (Å²) in [6, 6.07) is 1.31. The first kappa shape index (κ1) is 13.0. The Kier molecular flexibility index (Phi) is 5.65. The van der Waals surface area contributed by atoms with Crippen LogP contribution in [0.4, 0.5) is 0 Å². The molecule has 1 rings (SSSR count). The summed E-state index contributed by atoms with van der Waals surface area (Å²) in [5, 5.41) is 4.35. The largest absolute Gasteiger partial charge is 0.314 e. The molecule has 1 heterocycles. The van der Waals surface area contributed by atoms with E-state index in [0.717, 1.165) is 24.7 Å². The van der Waals surface area contributed by atoms with Crippen molar-refractivity contribution in [3.05, 3.63) is 11.6 Å². The first-order chi connectivity index (χ1) is 7.13. The third-order valence-electron chi connectivity index (χ3n) is 3.07. The van der Waals surface area contributed by atoms with Gasteiger partial charge in [0.05, 0.1) is 0 Å². The zero-order chi connectivity index (χ0) is 11.3. The number of halogens is 1. The number of rotatable bonds is 5. The molecule has 0 saturated carbocycles. The summed E-state index contributed by atoms with van der Waals surface area (Å²) in [4.78, 5) is 2.42. The van der Waals surface area contributed by atoms with E-state index in [4.69, 9.17) is 11.6 Å². The Morgan fingerprint density at radius 3 is 2.87 bits per heavy atom. The van der Waals surface area contributed by atoms with Gasteiger partial charge in [-0.15, -0.1) is 0 Å². The zero-order valence-corrected chi connectivity index (χ0v) is 10.7. The van der Waals surface area contributed by atoms with E-state index in [1.807, 2.05) is 0 Å². The van der Waals surface area contributed by atoms with E-state index >= 15 is 0 Å². The standard InChI is InChI=1S/C12H23ClN2/c1-4-6-14-12-5-7-15(9-10(2)13)11(3)8-12/h11-12,14H,2,4-9H2,1,3H3. The Hall–Kier alpha value is -0.0500. The van der Waals surface area contributed by atoms with Crippen molar-refractivity contribution in [2.45, 2.75) is 45.2 Å². The number of piperidine rings is 1. The van der Waals surface area contributed by atoms with Crippen molar-refractivity contribution in [2.24, 2.45) is 0 Å². The molecule has 88 valence electrons. The molecule has 2 nitrogen and oxygen atoms in total. The average molecular weight is 231 g/mol. The van der Waals surface area contributed by atoms with Crippen molar-refractivity contribution in [3.63, 3.8) is 0 Å². The van der Waals surface area contributed by atoms with Gasteiger partial charge in [0.25, 0.3) is 0 Å². The Morgan fingerprint density at radius 2 is 2.33 bits per heavy atom. The molecule has 0 aromatic heterocycles. The summed E-state index contributed by atoms with van der Waals surface area (Å²) in [7, 11) is 0. The molecule has 0 radical (unpaired) electrons. The Balaban J connectivity index is 2.30. The monoisotopic (exact) mass is 230 g/mol. The van der Waals surface area contributed by atoms with Crippen LogP contribution in [0.25, 0.3) is 0 Å². The smallest absolute Gasteiger partial charge is 0.0338 e. The van der Waals surface area contributed by atoms with Crippen LogP contribution in [-0.2, 0) is 0 Å². The molecule has 1 saturated heterocycles. The number of nitrogens with one attached hydrogen (secondary N) is 1. The molecule has 0 aliphatic carbocycles. The maximum absolute atomic E-state index is 5.84. The number of hydrogen-bond acceptors (Lipinski definition) is 2. The lowest BCUT2D eigenvalue weighted by molar-refractivity contribution is 0.150. The second-order valence-electron chi connectivity index (χ2n) is 4.51. The molecule has 0 bridgehead atoms. The maximum Gasteiger partial charge on any atom is 0.0338 e. The summed E-state index contributed by atoms with van der Waals surface area (Å²) < 4.78 is 0. The van der Waals surface area contributed by atoms with E-state index in [-0.39, 0.29) is 0 Å². The van der Waals surface area contributed by atoms with Crippen LogP contribution in [-0.4, -0.2) is 36.6 Å². The van der Waals surface area contributed by atoms with Crippen molar-refractivity contribution < 1.29 is 0 Å². The van der Waals surface area contributed by atoms with E-state index in [0.29, 0.717) is 12.1 Å². The minimum Gasteiger partial charge on any atom is -0.314 e. The van der Waals surface area contributed by atoms with E-state index in [2.05, 4.69) is 30.6 Å². The van der Waals surface area contributed by atoms with Crippen molar-refractivity contribution in [3.8, 4) is 0 Å². The summed E-state index contributed by atoms with van der Waals surface area (Å²) in [5.41, 5.74) is 0. The average Bonchev–Trinajstić information content (AvgIpc) is 2.18. The lowest BCUT2D eigenvalue weighted by atomic mass is 9.98. The van der Waals surface area contributed by atoms with Crippen molar-refractivity contribution in [1.29, 1.82) is 0 Å². The summed E-state index contributed by atoms with van der Waals surface area (Å²) in [6.45, 7) is 11.4. The quantitative estimate of drug-likeness (QED) is 0.781. The van der Waals surface area contributed by atoms with E-state index in [1.54, 1.807) is 0 Å². The Bertz CT molecular complexity index is 206. The van der Waals surface area contributed by atoms with Crippen LogP contribution < -0.4 is 5.32 Å². The van der Waals surface area contributed by atoms with Gasteiger partial charge in [-0.1, -0.05) is 25.1 Å². The first-order valence-electron chi connectivity index (χ1n) is 5.94. The van der Waals surface area contributed by atoms with Crippen molar-refractivity contribution in [1.82, 2.24) is 10.2 Å². The third kappa shape index (κ3) is 4.54. The summed E-state index contributed by atoms with van der Waals surface area (Å²) >= 11 is 5.84. The highest BCUT2D eigenvalue weighted by Crippen LogP contribution is 2.18. The normalized spacial score (nSPS) is 27.9. The van der Waals surface area contributed by atoms with Crippen LogP contribution in [0.5, 0.6) is 0 Å². The molecule has 0 amide bonds. The fourth-order valence-corrected chi connectivity index (χ4v) is 2.36. The van der Waals surface area contributed by atoms with Crippen LogP contribution in [0, 0.1) is 0 Å². The summed E-state index contributed by atoms with van der Waals surface area (Å²) in [6.07, 6.45) is 3.67. The molecule has 0 aromatic rings. The van der Waals surface area contributed by atoms with Crippen LogP contribution >= 0.6 is 11.6 Å². The molecule has 0 aromatic carbocycles. The number of hydrogen-bond donors (Lipinski definition) is 1. The predicted molar refractivity (Wildman–Crippen MR) is 67.3 cm³/mol. The van der Waals surface area contributed by atoms with Crippen molar-refractivity contribution in [2.75, 3.05) is 19.6 Å². The molecular weight excluding hydrogens is 208 g/mol. The maximum atomic E-state index is 5.84. The second kappa shape index (κ2) is 6.51. The van der Waals surface area contributed by atoms with Gasteiger partial charge in [-0.3, -0.25) is 4.90 Å². The molecule has 1 N–H and O–H groups in total. The molecule has 15 heavy (non-hydrogen) atoms. The van der Waals surface area contributed by atoms with Crippen LogP contribution in [0.2, 0.25) is 0 Å². The van der Waals surface area contributed by atoms with Crippen LogP contribution in [0.3, 0.4) is 0 Å². The number of nitrogens with zero attached hydrogens (tertiary/aromatic N) is 1. The highest BCUT2D eigenvalue weighted by molar-refractivity contribution is 6.29. The molecule has 2 atom stereocenters. The molecule has 1 fully saturated rings. The Morgan fingerprint density at radius 1 is 1.60 bits per heavy atom. The predicted octanol–water partition coefficient (Wildman–Crippen LogP) is 2.59. The minimum absolute atomic E-state index is 0.614. The van der Waals surface area contributed by atoms with E-state index in [1.165, 1.54) is 19.3 Å². The molecule has 1 aliphatic heterocycles. The fraction of sp³-hybridized carbons (Fsp3) is 0.833. The molecule has 2 unspecified atom stereocenters. The van der Waals surface area contributed by atoms with Gasteiger partial charge < -0.3 is 5.32 Å². The second-order valence-corrected chi connectivity index (χ2v) is 5.05. The van der Waals surface area contributed by atoms with Gasteiger partial charge in [-0.05, 0) is 32.7 Å². The summed E-state index contributed by atoms with van der Waals surface area (Å²) in [5.74, 6) is 0. The third-order valence-corrected chi connectivity index (χ3v) is 3.19. The van der Waals surface area contributed by atoms with Gasteiger partial charge in [0.15, 0.2) is 0 Å². The minimum atomic E-state index is 0.614. The van der Waals surface area contributed by atoms with Crippen LogP contribution in [0.15, 0.2) is 11.6 Å². The van der Waals surface area contributed by atoms with Gasteiger partial charge in [0.1, 0.15) is 0 Å². The van der Waals surface area contributed by atoms with Gasteiger partial charge >= 0.3 is 0 Å². The van der Waals surface area contributed by atoms with E-state index < -0.39 is 0 Å². The molecule has 1 aliphatic rings. The molecule has 0 spiro atoms. The van der Waals surface area contributed by atoms with Gasteiger partial charge in [-0.25, -0.2) is 0 Å². The van der Waals surface area contributed by atoms with E-state index in [9.17, 15) is 0 Å². The van der Waals surface area contributed by atoms with Gasteiger partial charge in [0, 0.05) is 30.2 Å². The highest BCUT2D eigenvalue weighted by atomic mass is 35.5.